The predicted octanol–water partition coefficient (Wildman–Crippen LogP) is 9.57. The first-order valence-electron chi connectivity index (χ1n) is 13.3. The van der Waals surface area contributed by atoms with Crippen LogP contribution in [-0.4, -0.2) is 13.1 Å². The highest BCUT2D eigenvalue weighted by molar-refractivity contribution is 6.88. The minimum absolute atomic E-state index is 1.03. The second kappa shape index (κ2) is 8.65. The van der Waals surface area contributed by atoms with Gasteiger partial charge < -0.3 is 0 Å². The van der Waals surface area contributed by atoms with Crippen LogP contribution in [-0.2, 0) is 0 Å². The summed E-state index contributed by atoms with van der Waals surface area (Å²) >= 11 is 0. The number of rotatable bonds is 3. The summed E-state index contributed by atoms with van der Waals surface area (Å²) in [7, 11) is -1.38. The van der Waals surface area contributed by atoms with Crippen molar-refractivity contribution < 1.29 is 0 Å². The second-order valence-corrected chi connectivity index (χ2v) is 16.4. The molecule has 0 unspecified atom stereocenters. The summed E-state index contributed by atoms with van der Waals surface area (Å²) in [4.78, 5) is 4.88. The third-order valence-electron chi connectivity index (χ3n) is 7.86. The van der Waals surface area contributed by atoms with Gasteiger partial charge in [-0.2, -0.15) is 0 Å². The van der Waals surface area contributed by atoms with E-state index in [4.69, 9.17) is 4.98 Å². The molecule has 0 atom stereocenters. The molecule has 1 heterocycles. The van der Waals surface area contributed by atoms with E-state index in [2.05, 4.69) is 141 Å². The lowest BCUT2D eigenvalue weighted by Crippen LogP contribution is -2.37. The lowest BCUT2D eigenvalue weighted by atomic mass is 9.90. The van der Waals surface area contributed by atoms with E-state index in [-0.39, 0.29) is 0 Å². The Hall–Kier alpha value is -4.27. The van der Waals surface area contributed by atoms with Crippen LogP contribution < -0.4 is 5.19 Å². The Morgan fingerprint density at radius 3 is 1.76 bits per heavy atom. The SMILES string of the molecule is C[Si](C)(C)c1ccc(-c2ccc3c4ccccc4c4cc(-c5cccc6ccccc56)ccc4c3c2)nc1. The molecule has 0 bridgehead atoms. The van der Waals surface area contributed by atoms with Gasteiger partial charge in [0.05, 0.1) is 13.8 Å². The average Bonchev–Trinajstić information content (AvgIpc) is 2.96. The first kappa shape index (κ1) is 22.9. The summed E-state index contributed by atoms with van der Waals surface area (Å²) in [5.74, 6) is 0. The van der Waals surface area contributed by atoms with Gasteiger partial charge in [0.2, 0.25) is 0 Å². The minimum atomic E-state index is -1.38. The van der Waals surface area contributed by atoms with Gasteiger partial charge in [0.1, 0.15) is 0 Å². The molecule has 7 rings (SSSR count). The summed E-state index contributed by atoms with van der Waals surface area (Å²) in [5, 5.41) is 11.7. The number of fused-ring (bicyclic) bond motifs is 7. The van der Waals surface area contributed by atoms with E-state index in [1.54, 1.807) is 0 Å². The molecule has 0 N–H and O–H groups in total. The van der Waals surface area contributed by atoms with Crippen molar-refractivity contribution in [2.45, 2.75) is 19.6 Å². The second-order valence-electron chi connectivity index (χ2n) is 11.3. The molecule has 6 aromatic carbocycles. The van der Waals surface area contributed by atoms with Gasteiger partial charge in [-0.15, -0.1) is 0 Å². The molecule has 0 aliphatic heterocycles. The predicted molar refractivity (Wildman–Crippen MR) is 168 cm³/mol. The fourth-order valence-electron chi connectivity index (χ4n) is 5.77. The maximum atomic E-state index is 4.88. The highest BCUT2D eigenvalue weighted by Crippen LogP contribution is 2.39. The molecule has 0 amide bonds. The molecule has 1 nitrogen and oxygen atoms in total. The Balaban J connectivity index is 1.47. The molecule has 38 heavy (non-hydrogen) atoms. The summed E-state index contributed by atoms with van der Waals surface area (Å²) in [5.41, 5.74) is 4.71. The molecule has 0 saturated carbocycles. The maximum absolute atomic E-state index is 4.88. The Bertz CT molecular complexity index is 1990. The van der Waals surface area contributed by atoms with Crippen molar-refractivity contribution in [3.63, 3.8) is 0 Å². The summed E-state index contributed by atoms with van der Waals surface area (Å²) in [6.07, 6.45) is 2.08. The zero-order valence-electron chi connectivity index (χ0n) is 22.0. The molecule has 0 aliphatic rings. The molecule has 2 heteroatoms. The Labute approximate surface area is 224 Å². The van der Waals surface area contributed by atoms with Crippen molar-refractivity contribution >= 4 is 56.4 Å². The average molecular weight is 504 g/mol. The third-order valence-corrected chi connectivity index (χ3v) is 9.89. The Morgan fingerprint density at radius 2 is 1.05 bits per heavy atom. The van der Waals surface area contributed by atoms with Crippen molar-refractivity contribution in [2.24, 2.45) is 0 Å². The zero-order valence-corrected chi connectivity index (χ0v) is 23.0. The fourth-order valence-corrected chi connectivity index (χ4v) is 6.80. The van der Waals surface area contributed by atoms with Crippen molar-refractivity contribution in [1.29, 1.82) is 0 Å². The van der Waals surface area contributed by atoms with E-state index >= 15 is 0 Å². The van der Waals surface area contributed by atoms with Gasteiger partial charge >= 0.3 is 0 Å². The summed E-state index contributed by atoms with van der Waals surface area (Å²) in [6.45, 7) is 7.09. The van der Waals surface area contributed by atoms with Gasteiger partial charge in [-0.25, -0.2) is 0 Å². The van der Waals surface area contributed by atoms with E-state index in [1.165, 1.54) is 59.4 Å². The van der Waals surface area contributed by atoms with Gasteiger partial charge in [-0.05, 0) is 77.6 Å². The van der Waals surface area contributed by atoms with Crippen molar-refractivity contribution in [2.75, 3.05) is 0 Å². The monoisotopic (exact) mass is 503 g/mol. The topological polar surface area (TPSA) is 12.9 Å². The minimum Gasteiger partial charge on any atom is -0.256 e. The van der Waals surface area contributed by atoms with Crippen molar-refractivity contribution in [3.05, 3.63) is 121 Å². The van der Waals surface area contributed by atoms with E-state index in [1.807, 2.05) is 0 Å². The normalized spacial score (nSPS) is 12.1. The van der Waals surface area contributed by atoms with E-state index < -0.39 is 8.07 Å². The highest BCUT2D eigenvalue weighted by Gasteiger charge is 2.17. The summed E-state index contributed by atoms with van der Waals surface area (Å²) < 4.78 is 0. The van der Waals surface area contributed by atoms with E-state index in [9.17, 15) is 0 Å². The van der Waals surface area contributed by atoms with Gasteiger partial charge in [0, 0.05) is 11.8 Å². The Kier molecular flexibility index (Phi) is 5.21. The molecule has 7 aromatic rings. The Morgan fingerprint density at radius 1 is 0.474 bits per heavy atom. The molecule has 0 aliphatic carbocycles. The number of benzene rings is 6. The molecule has 0 radical (unpaired) electrons. The molecule has 0 saturated heterocycles. The van der Waals surface area contributed by atoms with Crippen molar-refractivity contribution in [3.8, 4) is 22.4 Å². The van der Waals surface area contributed by atoms with Gasteiger partial charge in [-0.3, -0.25) is 4.98 Å². The summed E-state index contributed by atoms with van der Waals surface area (Å²) in [6, 6.07) is 42.3. The molecule has 0 fully saturated rings. The van der Waals surface area contributed by atoms with Crippen LogP contribution in [0.4, 0.5) is 0 Å². The number of nitrogens with zero attached hydrogens (tertiary/aromatic N) is 1. The van der Waals surface area contributed by atoms with Crippen LogP contribution in [0.3, 0.4) is 0 Å². The van der Waals surface area contributed by atoms with Gasteiger partial charge in [0.25, 0.3) is 0 Å². The largest absolute Gasteiger partial charge is 0.256 e. The van der Waals surface area contributed by atoms with Crippen LogP contribution in [0.15, 0.2) is 121 Å². The lowest BCUT2D eigenvalue weighted by Gasteiger charge is -2.16. The van der Waals surface area contributed by atoms with Crippen LogP contribution in [0.25, 0.3) is 65.5 Å². The standard InChI is InChI=1S/C36H29NSi/c1-38(2,3)27-17-20-36(37-23-27)26-16-19-32-30-12-6-7-13-31(30)34-21-25(15-18-33(34)35(32)22-26)29-14-8-10-24-9-4-5-11-28(24)29/h4-23H,1-3H3. The van der Waals surface area contributed by atoms with Crippen molar-refractivity contribution in [1.82, 2.24) is 4.98 Å². The quantitative estimate of drug-likeness (QED) is 0.173. The first-order chi connectivity index (χ1) is 18.5. The van der Waals surface area contributed by atoms with Gasteiger partial charge in [-0.1, -0.05) is 117 Å². The zero-order chi connectivity index (χ0) is 25.9. The first-order valence-corrected chi connectivity index (χ1v) is 16.8. The number of hydrogen-bond acceptors (Lipinski definition) is 1. The van der Waals surface area contributed by atoms with Crippen LogP contribution >= 0.6 is 0 Å². The molecule has 182 valence electrons. The maximum Gasteiger partial charge on any atom is 0.0796 e. The number of aromatic nitrogens is 1. The number of pyridine rings is 1. The van der Waals surface area contributed by atoms with E-state index in [0.29, 0.717) is 0 Å². The number of hydrogen-bond donors (Lipinski definition) is 0. The van der Waals surface area contributed by atoms with Gasteiger partial charge in [0.15, 0.2) is 0 Å². The molecule has 0 spiro atoms. The van der Waals surface area contributed by atoms with Crippen LogP contribution in [0.5, 0.6) is 0 Å². The molecular weight excluding hydrogens is 474 g/mol. The third kappa shape index (κ3) is 3.72. The molecular formula is C36H29NSi. The van der Waals surface area contributed by atoms with E-state index in [0.717, 1.165) is 11.3 Å². The van der Waals surface area contributed by atoms with Crippen LogP contribution in [0.1, 0.15) is 0 Å². The smallest absolute Gasteiger partial charge is 0.0796 e. The van der Waals surface area contributed by atoms with Crippen LogP contribution in [0.2, 0.25) is 19.6 Å². The lowest BCUT2D eigenvalue weighted by molar-refractivity contribution is 1.34. The van der Waals surface area contributed by atoms with Crippen LogP contribution in [0, 0.1) is 0 Å². The highest BCUT2D eigenvalue weighted by atomic mass is 28.3. The molecule has 1 aromatic heterocycles. The fraction of sp³-hybridized carbons (Fsp3) is 0.0833.